The van der Waals surface area contributed by atoms with Crippen molar-refractivity contribution in [2.45, 2.75) is 18.4 Å². The van der Waals surface area contributed by atoms with E-state index >= 15 is 0 Å². The monoisotopic (exact) mass is 271 g/mol. The number of allylic oxidation sites excluding steroid dienone is 2. The smallest absolute Gasteiger partial charge is 0.247 e. The van der Waals surface area contributed by atoms with Gasteiger partial charge in [-0.1, -0.05) is 0 Å². The second kappa shape index (κ2) is 3.57. The number of hydrogen-bond acceptors (Lipinski definition) is 3. The van der Waals surface area contributed by atoms with Crippen molar-refractivity contribution < 1.29 is 14.4 Å². The average Bonchev–Trinajstić information content (AvgIpc) is 2.50. The molecule has 1 spiro atoms. The molecule has 0 bridgehead atoms. The molecule has 5 heteroatoms. The quantitative estimate of drug-likeness (QED) is 0.723. The summed E-state index contributed by atoms with van der Waals surface area (Å²) in [4.78, 5) is 27.8. The second-order valence-corrected chi connectivity index (χ2v) is 4.41. The summed E-state index contributed by atoms with van der Waals surface area (Å²) in [6.45, 7) is 0. The van der Waals surface area contributed by atoms with Gasteiger partial charge in [-0.3, -0.25) is 14.4 Å². The van der Waals surface area contributed by atoms with E-state index in [0.717, 1.165) is 0 Å². The number of hydrogen-bond donors (Lipinski definition) is 0. The highest BCUT2D eigenvalue weighted by Crippen LogP contribution is 2.37. The molecular weight excluding hydrogens is 262 g/mol. The maximum Gasteiger partial charge on any atom is 0.247 e. The molecule has 0 aromatic heterocycles. The Labute approximate surface area is 95.7 Å². The van der Waals surface area contributed by atoms with Crippen LogP contribution < -0.4 is 0 Å². The Morgan fingerprint density at radius 1 is 1.53 bits per heavy atom. The first kappa shape index (κ1) is 10.6. The summed E-state index contributed by atoms with van der Waals surface area (Å²) in [5.74, 6) is -0.149. The molecule has 0 aromatic rings. The zero-order valence-corrected chi connectivity index (χ0v) is 9.78. The van der Waals surface area contributed by atoms with Crippen LogP contribution >= 0.6 is 15.9 Å². The highest BCUT2D eigenvalue weighted by molar-refractivity contribution is 9.12. The Bertz CT molecular complexity index is 388. The lowest BCUT2D eigenvalue weighted by Gasteiger charge is -2.32. The van der Waals surface area contributed by atoms with Crippen LogP contribution in [0.2, 0.25) is 0 Å². The van der Waals surface area contributed by atoms with Crippen LogP contribution in [0.5, 0.6) is 0 Å². The molecule has 0 saturated carbocycles. The van der Waals surface area contributed by atoms with Crippen LogP contribution in [-0.4, -0.2) is 29.4 Å². The Morgan fingerprint density at radius 2 is 2.27 bits per heavy atom. The van der Waals surface area contributed by atoms with Gasteiger partial charge in [0.1, 0.15) is 5.54 Å². The van der Waals surface area contributed by atoms with Gasteiger partial charge in [0.25, 0.3) is 0 Å². The molecule has 0 radical (unpaired) electrons. The van der Waals surface area contributed by atoms with E-state index in [2.05, 4.69) is 15.9 Å². The molecular formula is C10H10BrNO3. The van der Waals surface area contributed by atoms with E-state index in [-0.39, 0.29) is 11.7 Å². The van der Waals surface area contributed by atoms with Crippen molar-refractivity contribution in [1.82, 2.24) is 5.06 Å². The second-order valence-electron chi connectivity index (χ2n) is 3.55. The minimum atomic E-state index is -0.585. The van der Waals surface area contributed by atoms with Crippen molar-refractivity contribution in [3.8, 4) is 0 Å². The van der Waals surface area contributed by atoms with Gasteiger partial charge in [0.15, 0.2) is 5.78 Å². The number of halogens is 1. The SMILES string of the molecule is CON1C(=O)CCC12C=CC(=O)C(Br)=C2. The van der Waals surface area contributed by atoms with Crippen molar-refractivity contribution in [1.29, 1.82) is 0 Å². The Kier molecular flexibility index (Phi) is 2.52. The fourth-order valence-corrected chi connectivity index (χ4v) is 2.46. The number of rotatable bonds is 1. The summed E-state index contributed by atoms with van der Waals surface area (Å²) >= 11 is 3.18. The predicted octanol–water partition coefficient (Wildman–Crippen LogP) is 1.33. The maximum atomic E-state index is 11.5. The van der Waals surface area contributed by atoms with Crippen LogP contribution in [0.15, 0.2) is 22.7 Å². The molecule has 1 heterocycles. The minimum Gasteiger partial charge on any atom is -0.289 e. The van der Waals surface area contributed by atoms with Gasteiger partial charge in [0.05, 0.1) is 11.6 Å². The molecule has 80 valence electrons. The van der Waals surface area contributed by atoms with Gasteiger partial charge in [0, 0.05) is 6.42 Å². The summed E-state index contributed by atoms with van der Waals surface area (Å²) in [7, 11) is 1.46. The third kappa shape index (κ3) is 1.55. The first-order chi connectivity index (χ1) is 7.09. The Hall–Kier alpha value is -0.940. The van der Waals surface area contributed by atoms with Crippen LogP contribution in [0.1, 0.15) is 12.8 Å². The fraction of sp³-hybridized carbons (Fsp3) is 0.400. The van der Waals surface area contributed by atoms with E-state index in [4.69, 9.17) is 4.84 Å². The van der Waals surface area contributed by atoms with Gasteiger partial charge >= 0.3 is 0 Å². The van der Waals surface area contributed by atoms with E-state index in [1.807, 2.05) is 0 Å². The van der Waals surface area contributed by atoms with Gasteiger partial charge < -0.3 is 0 Å². The molecule has 1 saturated heterocycles. The lowest BCUT2D eigenvalue weighted by atomic mass is 9.92. The molecule has 15 heavy (non-hydrogen) atoms. The van der Waals surface area contributed by atoms with Gasteiger partial charge in [-0.2, -0.15) is 0 Å². The number of ketones is 1. The van der Waals surface area contributed by atoms with Gasteiger partial charge in [0.2, 0.25) is 5.91 Å². The third-order valence-corrected chi connectivity index (χ3v) is 3.28. The molecule has 2 aliphatic rings. The highest BCUT2D eigenvalue weighted by Gasteiger charge is 2.44. The first-order valence-corrected chi connectivity index (χ1v) is 5.37. The number of amides is 1. The summed E-state index contributed by atoms with van der Waals surface area (Å²) < 4.78 is 0.474. The first-order valence-electron chi connectivity index (χ1n) is 4.58. The molecule has 4 nitrogen and oxygen atoms in total. The third-order valence-electron chi connectivity index (χ3n) is 2.66. The highest BCUT2D eigenvalue weighted by atomic mass is 79.9. The normalized spacial score (nSPS) is 30.3. The number of nitrogens with zero attached hydrogens (tertiary/aromatic N) is 1. The summed E-state index contributed by atoms with van der Waals surface area (Å²) in [5.41, 5.74) is -0.585. The van der Waals surface area contributed by atoms with Gasteiger partial charge in [-0.15, -0.1) is 0 Å². The van der Waals surface area contributed by atoms with Gasteiger partial charge in [-0.25, -0.2) is 5.06 Å². The lowest BCUT2D eigenvalue weighted by Crippen LogP contribution is -2.43. The molecule has 1 amide bonds. The van der Waals surface area contributed by atoms with Crippen molar-refractivity contribution in [3.63, 3.8) is 0 Å². The Morgan fingerprint density at radius 3 is 2.87 bits per heavy atom. The molecule has 1 aliphatic carbocycles. The van der Waals surface area contributed by atoms with Crippen molar-refractivity contribution >= 4 is 27.6 Å². The molecule has 2 rings (SSSR count). The summed E-state index contributed by atoms with van der Waals surface area (Å²) in [6.07, 6.45) is 5.98. The number of carbonyl (C=O) groups excluding carboxylic acids is 2. The van der Waals surface area contributed by atoms with Gasteiger partial charge in [-0.05, 0) is 40.6 Å². The molecule has 1 aliphatic heterocycles. The fourth-order valence-electron chi connectivity index (χ4n) is 1.93. The Balaban J connectivity index is 2.40. The zero-order valence-electron chi connectivity index (χ0n) is 8.20. The van der Waals surface area contributed by atoms with Crippen molar-refractivity contribution in [3.05, 3.63) is 22.7 Å². The molecule has 1 fully saturated rings. The van der Waals surface area contributed by atoms with Crippen LogP contribution in [-0.2, 0) is 14.4 Å². The van der Waals surface area contributed by atoms with E-state index in [1.165, 1.54) is 18.2 Å². The van der Waals surface area contributed by atoms with Crippen LogP contribution in [0.25, 0.3) is 0 Å². The van der Waals surface area contributed by atoms with E-state index in [9.17, 15) is 9.59 Å². The molecule has 1 atom stereocenters. The van der Waals surface area contributed by atoms with E-state index in [1.54, 1.807) is 12.2 Å². The average molecular weight is 272 g/mol. The van der Waals surface area contributed by atoms with Crippen LogP contribution in [0, 0.1) is 0 Å². The summed E-state index contributed by atoms with van der Waals surface area (Å²) in [5, 5.41) is 1.32. The molecule has 1 unspecified atom stereocenters. The van der Waals surface area contributed by atoms with Crippen LogP contribution in [0.4, 0.5) is 0 Å². The standard InChI is InChI=1S/C10H10BrNO3/c1-15-12-9(14)3-5-10(12)4-2-8(13)7(11)6-10/h2,4,6H,3,5H2,1H3. The van der Waals surface area contributed by atoms with E-state index < -0.39 is 5.54 Å². The molecule has 0 aromatic carbocycles. The number of carbonyl (C=O) groups is 2. The van der Waals surface area contributed by atoms with Crippen molar-refractivity contribution in [2.75, 3.05) is 7.11 Å². The topological polar surface area (TPSA) is 46.6 Å². The van der Waals surface area contributed by atoms with Crippen LogP contribution in [0.3, 0.4) is 0 Å². The lowest BCUT2D eigenvalue weighted by molar-refractivity contribution is -0.182. The van der Waals surface area contributed by atoms with E-state index in [0.29, 0.717) is 17.3 Å². The van der Waals surface area contributed by atoms with Crippen molar-refractivity contribution in [2.24, 2.45) is 0 Å². The minimum absolute atomic E-state index is 0.0620. The zero-order chi connectivity index (χ0) is 11.1. The molecule has 0 N–H and O–H groups in total. The number of hydroxylamine groups is 2. The maximum absolute atomic E-state index is 11.5. The predicted molar refractivity (Wildman–Crippen MR) is 57.0 cm³/mol. The largest absolute Gasteiger partial charge is 0.289 e. The summed E-state index contributed by atoms with van der Waals surface area (Å²) in [6, 6.07) is 0.